The van der Waals surface area contributed by atoms with Crippen molar-refractivity contribution in [2.24, 2.45) is 0 Å². The van der Waals surface area contributed by atoms with Gasteiger partial charge in [-0.15, -0.1) is 0 Å². The molecule has 152 valence electrons. The normalized spacial score (nSPS) is 18.4. The Balaban J connectivity index is 1.92. The highest BCUT2D eigenvalue weighted by atomic mass is 32.2. The van der Waals surface area contributed by atoms with Crippen LogP contribution in [-0.4, -0.2) is 36.8 Å². The number of hydrogen-bond donors (Lipinski definition) is 0. The second kappa shape index (κ2) is 7.53. The monoisotopic (exact) mass is 423 g/mol. The first kappa shape index (κ1) is 20.3. The maximum absolute atomic E-state index is 13.9. The molecule has 1 aliphatic heterocycles. The van der Waals surface area contributed by atoms with Gasteiger partial charge >= 0.3 is 0 Å². The average molecular weight is 423 g/mol. The van der Waals surface area contributed by atoms with E-state index in [0.29, 0.717) is 0 Å². The summed E-state index contributed by atoms with van der Waals surface area (Å²) in [5, 5.41) is 0. The van der Waals surface area contributed by atoms with Gasteiger partial charge in [-0.05, 0) is 18.6 Å². The van der Waals surface area contributed by atoms with Crippen LogP contribution in [0.1, 0.15) is 17.7 Å². The molecule has 1 amide bonds. The number of amides is 1. The Labute approximate surface area is 156 Å². The molecule has 1 aromatic carbocycles. The molecule has 0 N–H and O–H groups in total. The standard InChI is InChI=1S/C17H14F5NO4S/c18-13-11(14(19)16(21)17(22)15(13)20)6-12(24)23(7-10-2-1-4-27-10)9-3-5-28(25,26)8-9/h1-2,4,9H,3,5-8H2/t9-/m0/s1. The van der Waals surface area contributed by atoms with Crippen LogP contribution >= 0.6 is 0 Å². The van der Waals surface area contributed by atoms with Gasteiger partial charge in [0.2, 0.25) is 11.7 Å². The van der Waals surface area contributed by atoms with Gasteiger partial charge in [-0.1, -0.05) is 0 Å². The second-order valence-corrected chi connectivity index (χ2v) is 8.61. The molecule has 11 heteroatoms. The lowest BCUT2D eigenvalue weighted by Gasteiger charge is -2.27. The number of rotatable bonds is 5. The zero-order valence-corrected chi connectivity index (χ0v) is 15.0. The van der Waals surface area contributed by atoms with Crippen molar-refractivity contribution in [2.45, 2.75) is 25.4 Å². The molecule has 0 spiro atoms. The first-order valence-electron chi connectivity index (χ1n) is 8.13. The Bertz CT molecular complexity index is 978. The Morgan fingerprint density at radius 1 is 1.07 bits per heavy atom. The average Bonchev–Trinajstić information content (AvgIpc) is 3.28. The quantitative estimate of drug-likeness (QED) is 0.422. The van der Waals surface area contributed by atoms with E-state index in [1.165, 1.54) is 18.4 Å². The first-order valence-corrected chi connectivity index (χ1v) is 9.95. The van der Waals surface area contributed by atoms with Gasteiger partial charge in [0.25, 0.3) is 0 Å². The highest BCUT2D eigenvalue weighted by Crippen LogP contribution is 2.26. The summed E-state index contributed by atoms with van der Waals surface area (Å²) in [7, 11) is -3.40. The molecule has 5 nitrogen and oxygen atoms in total. The fourth-order valence-corrected chi connectivity index (χ4v) is 4.80. The van der Waals surface area contributed by atoms with Gasteiger partial charge in [-0.2, -0.15) is 0 Å². The molecule has 0 radical (unpaired) electrons. The number of halogens is 5. The molecule has 1 saturated heterocycles. The van der Waals surface area contributed by atoms with E-state index in [-0.39, 0.29) is 30.2 Å². The Morgan fingerprint density at radius 2 is 1.68 bits per heavy atom. The fourth-order valence-electron chi connectivity index (χ4n) is 3.07. The van der Waals surface area contributed by atoms with E-state index in [1.54, 1.807) is 0 Å². The Kier molecular flexibility index (Phi) is 5.46. The number of benzene rings is 1. The molecule has 1 fully saturated rings. The molecule has 0 aliphatic carbocycles. The van der Waals surface area contributed by atoms with Crippen LogP contribution in [0.15, 0.2) is 22.8 Å². The first-order chi connectivity index (χ1) is 13.1. The summed E-state index contributed by atoms with van der Waals surface area (Å²) in [6.07, 6.45) is 0.280. The molecule has 1 aromatic heterocycles. The van der Waals surface area contributed by atoms with Gasteiger partial charge in [0, 0.05) is 11.6 Å². The van der Waals surface area contributed by atoms with Gasteiger partial charge in [0.1, 0.15) is 5.76 Å². The van der Waals surface area contributed by atoms with E-state index in [2.05, 4.69) is 0 Å². The molecule has 0 unspecified atom stereocenters. The van der Waals surface area contributed by atoms with Crippen LogP contribution < -0.4 is 0 Å². The van der Waals surface area contributed by atoms with E-state index >= 15 is 0 Å². The third-order valence-corrected chi connectivity index (χ3v) is 6.25. The molecular formula is C17H14F5NO4S. The third kappa shape index (κ3) is 3.89. The molecule has 2 heterocycles. The van der Waals surface area contributed by atoms with Crippen LogP contribution in [0.3, 0.4) is 0 Å². The van der Waals surface area contributed by atoms with Crippen LogP contribution in [0, 0.1) is 29.1 Å². The zero-order valence-electron chi connectivity index (χ0n) is 14.2. The van der Waals surface area contributed by atoms with Crippen molar-refractivity contribution in [1.29, 1.82) is 0 Å². The number of carbonyl (C=O) groups excluding carboxylic acids is 1. The lowest BCUT2D eigenvalue weighted by molar-refractivity contribution is -0.133. The van der Waals surface area contributed by atoms with Crippen molar-refractivity contribution >= 4 is 15.7 Å². The number of nitrogens with zero attached hydrogens (tertiary/aromatic N) is 1. The molecule has 2 aromatic rings. The third-order valence-electron chi connectivity index (χ3n) is 4.50. The van der Waals surface area contributed by atoms with Crippen LogP contribution in [0.2, 0.25) is 0 Å². The van der Waals surface area contributed by atoms with Crippen molar-refractivity contribution in [3.63, 3.8) is 0 Å². The highest BCUT2D eigenvalue weighted by molar-refractivity contribution is 7.91. The van der Waals surface area contributed by atoms with Crippen molar-refractivity contribution < 1.29 is 39.6 Å². The van der Waals surface area contributed by atoms with Gasteiger partial charge < -0.3 is 9.32 Å². The summed E-state index contributed by atoms with van der Waals surface area (Å²) in [6.45, 7) is -0.207. The predicted octanol–water partition coefficient (Wildman–Crippen LogP) is 2.73. The molecule has 1 aliphatic rings. The summed E-state index contributed by atoms with van der Waals surface area (Å²) in [6, 6.07) is 2.22. The lowest BCUT2D eigenvalue weighted by atomic mass is 10.1. The summed E-state index contributed by atoms with van der Waals surface area (Å²) in [5.74, 6) is -12.1. The van der Waals surface area contributed by atoms with Crippen molar-refractivity contribution in [3.05, 3.63) is 58.8 Å². The molecule has 0 saturated carbocycles. The molecule has 0 bridgehead atoms. The largest absolute Gasteiger partial charge is 0.467 e. The van der Waals surface area contributed by atoms with Crippen LogP contribution in [0.4, 0.5) is 22.0 Å². The molecule has 3 rings (SSSR count). The van der Waals surface area contributed by atoms with E-state index < -0.39 is 62.9 Å². The maximum atomic E-state index is 13.9. The van der Waals surface area contributed by atoms with E-state index in [4.69, 9.17) is 4.42 Å². The maximum Gasteiger partial charge on any atom is 0.227 e. The van der Waals surface area contributed by atoms with Gasteiger partial charge in [-0.3, -0.25) is 4.79 Å². The van der Waals surface area contributed by atoms with Gasteiger partial charge in [-0.25, -0.2) is 30.4 Å². The van der Waals surface area contributed by atoms with Crippen LogP contribution in [0.5, 0.6) is 0 Å². The summed E-state index contributed by atoms with van der Waals surface area (Å²) >= 11 is 0. The van der Waals surface area contributed by atoms with E-state index in [9.17, 15) is 35.2 Å². The highest BCUT2D eigenvalue weighted by Gasteiger charge is 2.36. The molecule has 28 heavy (non-hydrogen) atoms. The van der Waals surface area contributed by atoms with Crippen LogP contribution in [-0.2, 0) is 27.6 Å². The minimum atomic E-state index is -3.40. The SMILES string of the molecule is O=C(Cc1c(F)c(F)c(F)c(F)c1F)N(Cc1ccco1)[C@H]1CCS(=O)(=O)C1. The van der Waals surface area contributed by atoms with Crippen LogP contribution in [0.25, 0.3) is 0 Å². The topological polar surface area (TPSA) is 67.6 Å². The van der Waals surface area contributed by atoms with E-state index in [0.717, 1.165) is 4.90 Å². The molecular weight excluding hydrogens is 409 g/mol. The van der Waals surface area contributed by atoms with E-state index in [1.807, 2.05) is 0 Å². The van der Waals surface area contributed by atoms with Crippen molar-refractivity contribution in [3.8, 4) is 0 Å². The molecule has 1 atom stereocenters. The minimum Gasteiger partial charge on any atom is -0.467 e. The zero-order chi connectivity index (χ0) is 20.6. The summed E-state index contributed by atoms with van der Waals surface area (Å²) in [4.78, 5) is 13.7. The van der Waals surface area contributed by atoms with Gasteiger partial charge in [0.05, 0.1) is 30.7 Å². The smallest absolute Gasteiger partial charge is 0.227 e. The fraction of sp³-hybridized carbons (Fsp3) is 0.353. The summed E-state index contributed by atoms with van der Waals surface area (Å²) in [5.41, 5.74) is -1.27. The predicted molar refractivity (Wildman–Crippen MR) is 86.3 cm³/mol. The Morgan fingerprint density at radius 3 is 2.18 bits per heavy atom. The minimum absolute atomic E-state index is 0.0892. The van der Waals surface area contributed by atoms with Crippen molar-refractivity contribution in [2.75, 3.05) is 11.5 Å². The summed E-state index contributed by atoms with van der Waals surface area (Å²) < 4.78 is 96.3. The Hall–Kier alpha value is -2.43. The lowest BCUT2D eigenvalue weighted by Crippen LogP contribution is -2.41. The van der Waals surface area contributed by atoms with Crippen molar-refractivity contribution in [1.82, 2.24) is 4.90 Å². The number of hydrogen-bond acceptors (Lipinski definition) is 4. The van der Waals surface area contributed by atoms with Gasteiger partial charge in [0.15, 0.2) is 33.1 Å². The number of sulfone groups is 1. The number of carbonyl (C=O) groups is 1. The number of furan rings is 1. The second-order valence-electron chi connectivity index (χ2n) is 6.38.